The summed E-state index contributed by atoms with van der Waals surface area (Å²) in [7, 11) is 0. The minimum absolute atomic E-state index is 0.0247. The second-order valence-corrected chi connectivity index (χ2v) is 11.4. The van der Waals surface area contributed by atoms with E-state index in [1.54, 1.807) is 0 Å². The molecular weight excluding hydrogens is 476 g/mol. The van der Waals surface area contributed by atoms with E-state index in [1.165, 1.54) is 135 Å². The van der Waals surface area contributed by atoms with Gasteiger partial charge in [0, 0.05) is 13.2 Å². The minimum atomic E-state index is -0.0247. The van der Waals surface area contributed by atoms with Gasteiger partial charge in [0.1, 0.15) is 0 Å². The van der Waals surface area contributed by atoms with E-state index in [4.69, 9.17) is 9.47 Å². The molecule has 0 rings (SSSR count). The van der Waals surface area contributed by atoms with Crippen LogP contribution in [0, 0.1) is 6.92 Å². The molecule has 0 N–H and O–H groups in total. The number of allylic oxidation sites excluding steroid dienone is 6. The summed E-state index contributed by atoms with van der Waals surface area (Å²) in [5.74, 6) is 0. The Morgan fingerprint density at radius 3 is 1.44 bits per heavy atom. The van der Waals surface area contributed by atoms with Crippen molar-refractivity contribution in [1.82, 2.24) is 0 Å². The van der Waals surface area contributed by atoms with Crippen molar-refractivity contribution >= 4 is 0 Å². The van der Waals surface area contributed by atoms with Gasteiger partial charge in [-0.3, -0.25) is 0 Å². The van der Waals surface area contributed by atoms with Crippen LogP contribution in [-0.4, -0.2) is 25.9 Å². The summed E-state index contributed by atoms with van der Waals surface area (Å²) < 4.78 is 11.6. The number of hydrogen-bond acceptors (Lipinski definition) is 2. The summed E-state index contributed by atoms with van der Waals surface area (Å²) >= 11 is 0. The lowest BCUT2D eigenvalue weighted by Gasteiger charge is -2.13. The molecule has 0 saturated heterocycles. The number of unbranched alkanes of at least 4 members (excludes halogenated alkanes) is 19. The van der Waals surface area contributed by atoms with Gasteiger partial charge >= 0.3 is 0 Å². The lowest BCUT2D eigenvalue weighted by atomic mass is 10.1. The predicted octanol–water partition coefficient (Wildman–Crippen LogP) is 12.3. The van der Waals surface area contributed by atoms with Gasteiger partial charge in [0.05, 0.1) is 12.7 Å². The van der Waals surface area contributed by atoms with Crippen molar-refractivity contribution in [3.05, 3.63) is 43.4 Å². The zero-order chi connectivity index (χ0) is 28.3. The summed E-state index contributed by atoms with van der Waals surface area (Å²) in [4.78, 5) is 0. The standard InChI is InChI=1S/C37H69O2/c1-4-6-8-10-12-14-16-18-20-21-23-25-27-29-31-33-35-39-37(3)36-38-34-32-30-28-26-24-22-19-17-15-13-11-9-7-5-2/h9,11,15,17-18,20,37H,3-8,10,12-14,16,19,21-36H2,1-2H3/b11-9-,17-15-,20-18-. The third kappa shape index (κ3) is 35.1. The van der Waals surface area contributed by atoms with Gasteiger partial charge in [-0.1, -0.05) is 140 Å². The maximum atomic E-state index is 5.83. The van der Waals surface area contributed by atoms with E-state index in [1.807, 2.05) is 0 Å². The van der Waals surface area contributed by atoms with Gasteiger partial charge in [0.25, 0.3) is 0 Å². The van der Waals surface area contributed by atoms with E-state index in [0.717, 1.165) is 32.5 Å². The third-order valence-corrected chi connectivity index (χ3v) is 7.28. The first-order valence-corrected chi connectivity index (χ1v) is 17.3. The van der Waals surface area contributed by atoms with Crippen molar-refractivity contribution in [1.29, 1.82) is 0 Å². The van der Waals surface area contributed by atoms with Crippen LogP contribution in [0.15, 0.2) is 36.5 Å². The van der Waals surface area contributed by atoms with Crippen molar-refractivity contribution < 1.29 is 9.47 Å². The van der Waals surface area contributed by atoms with Crippen LogP contribution in [0.4, 0.5) is 0 Å². The molecule has 2 heteroatoms. The van der Waals surface area contributed by atoms with Gasteiger partial charge in [0.2, 0.25) is 0 Å². The van der Waals surface area contributed by atoms with E-state index in [-0.39, 0.29) is 6.10 Å². The highest BCUT2D eigenvalue weighted by Gasteiger charge is 2.02. The monoisotopic (exact) mass is 546 g/mol. The van der Waals surface area contributed by atoms with Crippen molar-refractivity contribution in [3.63, 3.8) is 0 Å². The van der Waals surface area contributed by atoms with Crippen molar-refractivity contribution in [2.45, 2.75) is 174 Å². The molecule has 1 unspecified atom stereocenters. The van der Waals surface area contributed by atoms with Gasteiger partial charge in [-0.05, 0) is 71.1 Å². The van der Waals surface area contributed by atoms with E-state index >= 15 is 0 Å². The molecule has 0 aromatic carbocycles. The summed E-state index contributed by atoms with van der Waals surface area (Å²) in [5, 5.41) is 0. The van der Waals surface area contributed by atoms with Gasteiger partial charge in [-0.2, -0.15) is 0 Å². The fourth-order valence-electron chi connectivity index (χ4n) is 4.71. The summed E-state index contributed by atoms with van der Waals surface area (Å²) in [6, 6.07) is 0. The van der Waals surface area contributed by atoms with Crippen LogP contribution < -0.4 is 0 Å². The fraction of sp³-hybridized carbons (Fsp3) is 0.811. The number of rotatable bonds is 32. The molecule has 0 fully saturated rings. The Bertz CT molecular complexity index is 522. The van der Waals surface area contributed by atoms with E-state index in [0.29, 0.717) is 6.61 Å². The molecule has 0 spiro atoms. The largest absolute Gasteiger partial charge is 0.379 e. The lowest BCUT2D eigenvalue weighted by molar-refractivity contribution is 0.00440. The topological polar surface area (TPSA) is 18.5 Å². The first-order chi connectivity index (χ1) is 19.3. The molecule has 0 amide bonds. The SMILES string of the molecule is [CH2]C(COCCCCCCCC/C=C\C/C=C\CCC)OCCCCCCCC/C=C\CCCCCCCC. The lowest BCUT2D eigenvalue weighted by Crippen LogP contribution is -2.17. The second kappa shape index (κ2) is 35.2. The molecule has 0 saturated carbocycles. The first-order valence-electron chi connectivity index (χ1n) is 17.3. The molecule has 1 atom stereocenters. The molecule has 1 radical (unpaired) electrons. The van der Waals surface area contributed by atoms with Gasteiger partial charge in [-0.25, -0.2) is 0 Å². The van der Waals surface area contributed by atoms with Crippen LogP contribution in [-0.2, 0) is 9.47 Å². The molecular formula is C37H69O2. The van der Waals surface area contributed by atoms with E-state index in [2.05, 4.69) is 57.2 Å². The second-order valence-electron chi connectivity index (χ2n) is 11.4. The zero-order valence-electron chi connectivity index (χ0n) is 26.7. The molecule has 0 aliphatic carbocycles. The average Bonchev–Trinajstić information content (AvgIpc) is 2.94. The Morgan fingerprint density at radius 2 is 0.897 bits per heavy atom. The van der Waals surface area contributed by atoms with Crippen molar-refractivity contribution in [2.75, 3.05) is 19.8 Å². The highest BCUT2D eigenvalue weighted by Crippen LogP contribution is 2.11. The van der Waals surface area contributed by atoms with E-state index in [9.17, 15) is 0 Å². The molecule has 229 valence electrons. The Kier molecular flexibility index (Phi) is 34.4. The normalized spacial score (nSPS) is 13.0. The average molecular weight is 546 g/mol. The molecule has 2 nitrogen and oxygen atoms in total. The molecule has 39 heavy (non-hydrogen) atoms. The number of ether oxygens (including phenoxy) is 2. The molecule has 0 aromatic rings. The third-order valence-electron chi connectivity index (χ3n) is 7.28. The highest BCUT2D eigenvalue weighted by molar-refractivity contribution is 4.92. The summed E-state index contributed by atoms with van der Waals surface area (Å²) in [5.41, 5.74) is 0. The smallest absolute Gasteiger partial charge is 0.0809 e. The molecule has 0 heterocycles. The Balaban J connectivity index is 3.23. The highest BCUT2D eigenvalue weighted by atomic mass is 16.5. The maximum absolute atomic E-state index is 5.83. The van der Waals surface area contributed by atoms with Crippen LogP contribution in [0.2, 0.25) is 0 Å². The Labute approximate surface area is 246 Å². The molecule has 0 bridgehead atoms. The van der Waals surface area contributed by atoms with E-state index < -0.39 is 0 Å². The van der Waals surface area contributed by atoms with Gasteiger partial charge in [0.15, 0.2) is 0 Å². The van der Waals surface area contributed by atoms with Gasteiger partial charge in [-0.15, -0.1) is 0 Å². The quantitative estimate of drug-likeness (QED) is 0.0618. The Morgan fingerprint density at radius 1 is 0.462 bits per heavy atom. The van der Waals surface area contributed by atoms with Crippen LogP contribution in [0.1, 0.15) is 168 Å². The van der Waals surface area contributed by atoms with Crippen LogP contribution in [0.3, 0.4) is 0 Å². The molecule has 0 aliphatic heterocycles. The van der Waals surface area contributed by atoms with Crippen molar-refractivity contribution in [3.8, 4) is 0 Å². The predicted molar refractivity (Wildman–Crippen MR) is 175 cm³/mol. The van der Waals surface area contributed by atoms with Crippen LogP contribution in [0.5, 0.6) is 0 Å². The van der Waals surface area contributed by atoms with Crippen LogP contribution in [0.25, 0.3) is 0 Å². The molecule has 0 aromatic heterocycles. The first kappa shape index (κ1) is 38.1. The molecule has 0 aliphatic rings. The Hall–Kier alpha value is -0.860. The summed E-state index contributed by atoms with van der Waals surface area (Å²) in [6.07, 6.45) is 45.3. The number of hydrogen-bond donors (Lipinski definition) is 0. The van der Waals surface area contributed by atoms with Crippen LogP contribution >= 0.6 is 0 Å². The van der Waals surface area contributed by atoms with Crippen molar-refractivity contribution in [2.24, 2.45) is 0 Å². The fourth-order valence-corrected chi connectivity index (χ4v) is 4.71. The van der Waals surface area contributed by atoms with Gasteiger partial charge < -0.3 is 9.47 Å². The minimum Gasteiger partial charge on any atom is -0.379 e. The summed E-state index contributed by atoms with van der Waals surface area (Å²) in [6.45, 7) is 10.9. The maximum Gasteiger partial charge on any atom is 0.0809 e. The zero-order valence-corrected chi connectivity index (χ0v) is 26.7.